The number of nitrogens with one attached hydrogen (secondary N) is 1. The Hall–Kier alpha value is -1.47. The highest BCUT2D eigenvalue weighted by Gasteiger charge is 2.07. The van der Waals surface area contributed by atoms with Gasteiger partial charge in [0.15, 0.2) is 0 Å². The molecular weight excluding hydrogens is 240 g/mol. The van der Waals surface area contributed by atoms with Crippen molar-refractivity contribution in [1.82, 2.24) is 15.4 Å². The lowest BCUT2D eigenvalue weighted by Gasteiger charge is -2.11. The Labute approximate surface area is 105 Å². The van der Waals surface area contributed by atoms with Crippen LogP contribution >= 0.6 is 11.3 Å². The molecule has 0 saturated carbocycles. The molecule has 1 aromatic heterocycles. The van der Waals surface area contributed by atoms with E-state index in [0.717, 1.165) is 11.3 Å². The number of carbonyl (C=O) groups is 1. The third kappa shape index (κ3) is 5.98. The van der Waals surface area contributed by atoms with Crippen molar-refractivity contribution in [1.29, 1.82) is 0 Å². The van der Waals surface area contributed by atoms with Crippen molar-refractivity contribution in [2.24, 2.45) is 4.99 Å². The second-order valence-electron chi connectivity index (χ2n) is 3.02. The summed E-state index contributed by atoms with van der Waals surface area (Å²) >= 11 is 1.04. The minimum absolute atomic E-state index is 0.186. The molecule has 0 aromatic carbocycles. The van der Waals surface area contributed by atoms with Gasteiger partial charge in [0.25, 0.3) is 0 Å². The molecule has 0 bridgehead atoms. The van der Waals surface area contributed by atoms with Gasteiger partial charge in [0.2, 0.25) is 5.13 Å². The van der Waals surface area contributed by atoms with E-state index in [0.29, 0.717) is 11.0 Å². The molecule has 17 heavy (non-hydrogen) atoms. The van der Waals surface area contributed by atoms with Crippen LogP contribution in [0.1, 0.15) is 30.4 Å². The first-order chi connectivity index (χ1) is 7.99. The van der Waals surface area contributed by atoms with Gasteiger partial charge in [-0.25, -0.2) is 19.8 Å². The summed E-state index contributed by atoms with van der Waals surface area (Å²) in [6.45, 7) is 5.78. The summed E-state index contributed by atoms with van der Waals surface area (Å²) in [7, 11) is 3.67. The summed E-state index contributed by atoms with van der Waals surface area (Å²) < 4.78 is 0. The molecule has 0 aliphatic rings. The molecule has 7 heteroatoms. The summed E-state index contributed by atoms with van der Waals surface area (Å²) in [4.78, 5) is 18.7. The Balaban J connectivity index is 0.00000121. The summed E-state index contributed by atoms with van der Waals surface area (Å²) in [5, 5.41) is 10.8. The van der Waals surface area contributed by atoms with Gasteiger partial charge in [-0.2, -0.15) is 0 Å². The number of rotatable bonds is 3. The molecule has 0 aliphatic carbocycles. The van der Waals surface area contributed by atoms with E-state index >= 15 is 0 Å². The summed E-state index contributed by atoms with van der Waals surface area (Å²) in [6.07, 6.45) is 1.30. The van der Waals surface area contributed by atoms with Gasteiger partial charge in [-0.1, -0.05) is 25.2 Å². The van der Waals surface area contributed by atoms with Crippen LogP contribution < -0.4 is 5.43 Å². The number of nitrogens with zero attached hydrogens (tertiary/aromatic N) is 3. The van der Waals surface area contributed by atoms with E-state index in [1.807, 2.05) is 27.9 Å². The zero-order chi connectivity index (χ0) is 13.4. The third-order valence-corrected chi connectivity index (χ3v) is 2.23. The summed E-state index contributed by atoms with van der Waals surface area (Å²) in [5.74, 6) is -0.321. The maximum absolute atomic E-state index is 10.6. The number of amidine groups is 1. The van der Waals surface area contributed by atoms with Gasteiger partial charge < -0.3 is 10.5 Å². The van der Waals surface area contributed by atoms with Gasteiger partial charge in [0.1, 0.15) is 10.7 Å². The van der Waals surface area contributed by atoms with Crippen LogP contribution in [0.3, 0.4) is 0 Å². The first-order valence-electron chi connectivity index (χ1n) is 5.17. The lowest BCUT2D eigenvalue weighted by Crippen LogP contribution is -2.34. The molecular formula is C10H18N4O2S. The molecule has 96 valence electrons. The lowest BCUT2D eigenvalue weighted by atomic mass is 10.6. The van der Waals surface area contributed by atoms with E-state index in [-0.39, 0.29) is 4.88 Å². The smallest absolute Gasteiger partial charge is 0.347 e. The second-order valence-corrected chi connectivity index (χ2v) is 4.02. The highest BCUT2D eigenvalue weighted by Crippen LogP contribution is 2.20. The van der Waals surface area contributed by atoms with Crippen molar-refractivity contribution in [3.63, 3.8) is 0 Å². The Morgan fingerprint density at radius 1 is 1.53 bits per heavy atom. The Morgan fingerprint density at radius 3 is 2.53 bits per heavy atom. The molecule has 2 N–H and O–H groups in total. The van der Waals surface area contributed by atoms with E-state index < -0.39 is 5.97 Å². The van der Waals surface area contributed by atoms with E-state index in [2.05, 4.69) is 15.4 Å². The fourth-order valence-corrected chi connectivity index (χ4v) is 1.58. The van der Waals surface area contributed by atoms with Crippen LogP contribution in [0.2, 0.25) is 0 Å². The molecule has 0 aliphatic heterocycles. The van der Waals surface area contributed by atoms with Gasteiger partial charge in [0.05, 0.1) is 6.20 Å². The van der Waals surface area contributed by atoms with Gasteiger partial charge in [-0.3, -0.25) is 0 Å². The number of hydrogen-bond donors (Lipinski definition) is 2. The number of hydrogen-bond acceptors (Lipinski definition) is 5. The van der Waals surface area contributed by atoms with Crippen molar-refractivity contribution in [2.75, 3.05) is 14.1 Å². The van der Waals surface area contributed by atoms with Gasteiger partial charge >= 0.3 is 5.97 Å². The van der Waals surface area contributed by atoms with Crippen molar-refractivity contribution < 1.29 is 9.90 Å². The maximum atomic E-state index is 10.6. The van der Waals surface area contributed by atoms with E-state index in [1.54, 1.807) is 11.9 Å². The normalized spacial score (nSPS) is 10.8. The number of aliphatic imine (C=N–C) groups is 1. The fourth-order valence-electron chi connectivity index (χ4n) is 0.908. The first kappa shape index (κ1) is 15.5. The van der Waals surface area contributed by atoms with Crippen molar-refractivity contribution in [3.05, 3.63) is 11.1 Å². The molecule has 1 heterocycles. The lowest BCUT2D eigenvalue weighted by molar-refractivity contribution is 0.0702. The number of carboxylic acid groups (broad SMARTS) is 1. The number of aromatic nitrogens is 1. The van der Waals surface area contributed by atoms with Gasteiger partial charge in [-0.05, 0) is 6.92 Å². The average Bonchev–Trinajstić information content (AvgIpc) is 2.68. The van der Waals surface area contributed by atoms with Crippen molar-refractivity contribution in [3.8, 4) is 0 Å². The number of carboxylic acids is 1. The fraction of sp³-hybridized carbons (Fsp3) is 0.500. The Morgan fingerprint density at radius 2 is 2.12 bits per heavy atom. The zero-order valence-corrected chi connectivity index (χ0v) is 11.5. The van der Waals surface area contributed by atoms with Crippen LogP contribution in [0.4, 0.5) is 5.13 Å². The predicted molar refractivity (Wildman–Crippen MR) is 70.0 cm³/mol. The third-order valence-electron chi connectivity index (χ3n) is 1.35. The zero-order valence-electron chi connectivity index (χ0n) is 10.7. The van der Waals surface area contributed by atoms with Crippen LogP contribution in [0.25, 0.3) is 0 Å². The minimum atomic E-state index is -0.979. The number of hydrazine groups is 1. The van der Waals surface area contributed by atoms with E-state index in [4.69, 9.17) is 5.11 Å². The maximum Gasteiger partial charge on any atom is 0.347 e. The highest BCUT2D eigenvalue weighted by molar-refractivity contribution is 7.17. The van der Waals surface area contributed by atoms with Crippen molar-refractivity contribution >= 4 is 28.3 Å². The second kappa shape index (κ2) is 7.75. The Bertz CT molecular complexity index is 387. The first-order valence-corrected chi connectivity index (χ1v) is 5.99. The minimum Gasteiger partial charge on any atom is -0.477 e. The summed E-state index contributed by atoms with van der Waals surface area (Å²) in [6, 6.07) is 0. The quantitative estimate of drug-likeness (QED) is 0.492. The monoisotopic (exact) mass is 258 g/mol. The largest absolute Gasteiger partial charge is 0.477 e. The molecule has 1 rings (SSSR count). The Kier molecular flexibility index (Phi) is 7.08. The molecule has 0 atom stereocenters. The number of aromatic carboxylic acids is 1. The van der Waals surface area contributed by atoms with E-state index in [1.165, 1.54) is 6.20 Å². The molecule has 0 radical (unpaired) electrons. The molecule has 0 fully saturated rings. The van der Waals surface area contributed by atoms with Crippen LogP contribution in [0.5, 0.6) is 0 Å². The van der Waals surface area contributed by atoms with Crippen LogP contribution in [-0.2, 0) is 0 Å². The van der Waals surface area contributed by atoms with Crippen LogP contribution in [0.15, 0.2) is 11.2 Å². The number of thiazole rings is 1. The highest BCUT2D eigenvalue weighted by atomic mass is 32.1. The molecule has 0 unspecified atom stereocenters. The molecule has 1 aromatic rings. The van der Waals surface area contributed by atoms with Gasteiger partial charge in [0, 0.05) is 14.1 Å². The van der Waals surface area contributed by atoms with Gasteiger partial charge in [-0.15, -0.1) is 0 Å². The van der Waals surface area contributed by atoms with Crippen LogP contribution in [0, 0.1) is 0 Å². The standard InChI is InChI=1S/C8H12N4O2S.C2H6/c1-5(11-12(2)3)10-8-9-4-6(15-8)7(13)14;1-2/h4H,1-3H3,(H,13,14)(H,9,10,11);1-2H3. The van der Waals surface area contributed by atoms with E-state index in [9.17, 15) is 4.79 Å². The molecule has 0 spiro atoms. The summed E-state index contributed by atoms with van der Waals surface area (Å²) in [5.41, 5.74) is 2.93. The SMILES string of the molecule is C/C(=N/c1ncc(C(=O)O)s1)NN(C)C.CC. The molecule has 0 saturated heterocycles. The topological polar surface area (TPSA) is 77.8 Å². The molecule has 0 amide bonds. The van der Waals surface area contributed by atoms with Crippen LogP contribution in [-0.4, -0.2) is 41.0 Å². The molecule has 6 nitrogen and oxygen atoms in total. The predicted octanol–water partition coefficient (Wildman–Crippen LogP) is 1.98. The van der Waals surface area contributed by atoms with Crippen molar-refractivity contribution in [2.45, 2.75) is 20.8 Å². The average molecular weight is 258 g/mol.